The van der Waals surface area contributed by atoms with Crippen molar-refractivity contribution in [3.05, 3.63) is 46.5 Å². The molecular weight excluding hydrogens is 400 g/mol. The van der Waals surface area contributed by atoms with Crippen LogP contribution in [-0.2, 0) is 25.7 Å². The minimum absolute atomic E-state index is 0.344. The summed E-state index contributed by atoms with van der Waals surface area (Å²) in [6.07, 6.45) is 13.2. The summed E-state index contributed by atoms with van der Waals surface area (Å²) in [7, 11) is 0. The fourth-order valence-electron chi connectivity index (χ4n) is 4.10. The number of aromatic hydroxyl groups is 2. The lowest BCUT2D eigenvalue weighted by Crippen LogP contribution is -2.01. The Morgan fingerprint density at radius 1 is 0.548 bits per heavy atom. The van der Waals surface area contributed by atoms with Crippen molar-refractivity contribution >= 4 is 11.8 Å². The lowest BCUT2D eigenvalue weighted by molar-refractivity contribution is 0.457. The summed E-state index contributed by atoms with van der Waals surface area (Å²) in [6.45, 7) is 8.88. The molecule has 0 saturated heterocycles. The van der Waals surface area contributed by atoms with Gasteiger partial charge < -0.3 is 10.2 Å². The van der Waals surface area contributed by atoms with Gasteiger partial charge in [-0.25, -0.2) is 0 Å². The number of phenolic OH excluding ortho intramolecular Hbond substituents is 2. The third-order valence-electron chi connectivity index (χ3n) is 6.04. The highest BCUT2D eigenvalue weighted by Crippen LogP contribution is 2.45. The van der Waals surface area contributed by atoms with Crippen molar-refractivity contribution < 1.29 is 10.2 Å². The average molecular weight is 443 g/mol. The molecule has 0 aliphatic rings. The zero-order chi connectivity index (χ0) is 22.6. The smallest absolute Gasteiger partial charge is 0.129 e. The van der Waals surface area contributed by atoms with E-state index in [4.69, 9.17) is 0 Å². The summed E-state index contributed by atoms with van der Waals surface area (Å²) in [5, 5.41) is 21.7. The van der Waals surface area contributed by atoms with Gasteiger partial charge in [0.05, 0.1) is 9.79 Å². The van der Waals surface area contributed by atoms with Crippen LogP contribution in [-0.4, -0.2) is 10.2 Å². The van der Waals surface area contributed by atoms with Crippen LogP contribution >= 0.6 is 11.8 Å². The normalized spacial score (nSPS) is 11.2. The average Bonchev–Trinajstić information content (AvgIpc) is 2.77. The number of rotatable bonds is 14. The monoisotopic (exact) mass is 442 g/mol. The van der Waals surface area contributed by atoms with Crippen molar-refractivity contribution in [3.63, 3.8) is 0 Å². The molecule has 0 heterocycles. The quantitative estimate of drug-likeness (QED) is 0.307. The fraction of sp³-hybridized carbons (Fsp3) is 0.571. The van der Waals surface area contributed by atoms with Crippen molar-refractivity contribution in [2.45, 2.75) is 115 Å². The molecule has 2 nitrogen and oxygen atoms in total. The molecule has 2 aromatic carbocycles. The fourth-order valence-corrected chi connectivity index (χ4v) is 5.36. The van der Waals surface area contributed by atoms with Crippen LogP contribution in [0.25, 0.3) is 0 Å². The molecule has 3 heteroatoms. The Bertz CT molecular complexity index is 746. The summed E-state index contributed by atoms with van der Waals surface area (Å²) >= 11 is 1.59. The highest BCUT2D eigenvalue weighted by Gasteiger charge is 2.19. The van der Waals surface area contributed by atoms with Crippen LogP contribution in [0, 0.1) is 0 Å². The van der Waals surface area contributed by atoms with E-state index in [-0.39, 0.29) is 0 Å². The van der Waals surface area contributed by atoms with Crippen LogP contribution in [0.1, 0.15) is 101 Å². The number of phenols is 2. The summed E-state index contributed by atoms with van der Waals surface area (Å²) in [6, 6.07) is 7.92. The molecule has 0 fully saturated rings. The molecule has 0 aliphatic carbocycles. The standard InChI is InChI=1S/C28H42O2S/c1-5-9-13-21-17-19-25(29)27(23(21)15-11-7-3)31-28-24(16-12-8-4)22(14-10-6-2)18-20-26(28)30/h17-20,29-30H,5-16H2,1-4H3. The van der Waals surface area contributed by atoms with E-state index >= 15 is 0 Å². The lowest BCUT2D eigenvalue weighted by Gasteiger charge is -2.20. The number of hydrogen-bond acceptors (Lipinski definition) is 3. The van der Waals surface area contributed by atoms with Crippen LogP contribution in [0.2, 0.25) is 0 Å². The zero-order valence-electron chi connectivity index (χ0n) is 20.1. The van der Waals surface area contributed by atoms with E-state index in [0.717, 1.165) is 86.8 Å². The first-order valence-corrected chi connectivity index (χ1v) is 13.2. The minimum Gasteiger partial charge on any atom is -0.507 e. The van der Waals surface area contributed by atoms with E-state index in [1.807, 2.05) is 12.1 Å². The second-order valence-electron chi connectivity index (χ2n) is 8.62. The summed E-state index contributed by atoms with van der Waals surface area (Å²) in [4.78, 5) is 1.89. The maximum absolute atomic E-state index is 10.9. The molecule has 0 saturated carbocycles. The molecule has 2 rings (SSSR count). The molecule has 0 unspecified atom stereocenters. The van der Waals surface area contributed by atoms with Crippen LogP contribution in [0.5, 0.6) is 11.5 Å². The molecule has 172 valence electrons. The lowest BCUT2D eigenvalue weighted by atomic mass is 9.97. The third kappa shape index (κ3) is 7.20. The van der Waals surface area contributed by atoms with Crippen molar-refractivity contribution in [2.24, 2.45) is 0 Å². The number of benzene rings is 2. The van der Waals surface area contributed by atoms with Gasteiger partial charge in [-0.1, -0.05) is 77.3 Å². The summed E-state index contributed by atoms with van der Waals surface area (Å²) in [5.74, 6) is 0.687. The first-order valence-electron chi connectivity index (χ1n) is 12.4. The molecule has 0 amide bonds. The zero-order valence-corrected chi connectivity index (χ0v) is 20.9. The molecule has 2 aromatic rings. The van der Waals surface area contributed by atoms with Gasteiger partial charge in [0.25, 0.3) is 0 Å². The highest BCUT2D eigenvalue weighted by atomic mass is 32.2. The Kier molecular flexibility index (Phi) is 11.4. The molecule has 0 atom stereocenters. The summed E-state index contributed by atoms with van der Waals surface area (Å²) < 4.78 is 0. The van der Waals surface area contributed by atoms with E-state index in [0.29, 0.717) is 11.5 Å². The second-order valence-corrected chi connectivity index (χ2v) is 9.64. The summed E-state index contributed by atoms with van der Waals surface area (Å²) in [5.41, 5.74) is 5.26. The van der Waals surface area contributed by atoms with E-state index in [9.17, 15) is 10.2 Å². The van der Waals surface area contributed by atoms with Gasteiger partial charge in [0, 0.05) is 0 Å². The van der Waals surface area contributed by atoms with E-state index in [1.54, 1.807) is 11.8 Å². The third-order valence-corrected chi connectivity index (χ3v) is 7.36. The van der Waals surface area contributed by atoms with E-state index < -0.39 is 0 Å². The second kappa shape index (κ2) is 13.7. The number of hydrogen-bond donors (Lipinski definition) is 2. The van der Waals surface area contributed by atoms with Gasteiger partial charge in [-0.15, -0.1) is 0 Å². The van der Waals surface area contributed by atoms with Crippen LogP contribution in [0.4, 0.5) is 0 Å². The van der Waals surface area contributed by atoms with Crippen LogP contribution in [0.3, 0.4) is 0 Å². The van der Waals surface area contributed by atoms with Gasteiger partial charge in [-0.05, 0) is 85.8 Å². The highest BCUT2D eigenvalue weighted by molar-refractivity contribution is 7.99. The maximum Gasteiger partial charge on any atom is 0.129 e. The van der Waals surface area contributed by atoms with E-state index in [1.165, 1.54) is 22.3 Å². The number of aryl methyl sites for hydroxylation is 2. The molecule has 2 N–H and O–H groups in total. The SMILES string of the molecule is CCCCc1ccc(O)c(Sc2c(O)ccc(CCCC)c2CCCC)c1CCCC. The van der Waals surface area contributed by atoms with Gasteiger partial charge in [-0.3, -0.25) is 0 Å². The van der Waals surface area contributed by atoms with Gasteiger partial charge in [0.15, 0.2) is 0 Å². The molecular formula is C28H42O2S. The van der Waals surface area contributed by atoms with Gasteiger partial charge in [0.1, 0.15) is 11.5 Å². The Morgan fingerprint density at radius 2 is 0.903 bits per heavy atom. The van der Waals surface area contributed by atoms with Gasteiger partial charge >= 0.3 is 0 Å². The number of unbranched alkanes of at least 4 members (excludes halogenated alkanes) is 4. The molecule has 0 radical (unpaired) electrons. The molecule has 31 heavy (non-hydrogen) atoms. The minimum atomic E-state index is 0.344. The maximum atomic E-state index is 10.9. The Balaban J connectivity index is 2.54. The molecule has 0 bridgehead atoms. The van der Waals surface area contributed by atoms with Crippen LogP contribution < -0.4 is 0 Å². The van der Waals surface area contributed by atoms with Crippen molar-refractivity contribution in [2.75, 3.05) is 0 Å². The molecule has 0 aromatic heterocycles. The Morgan fingerprint density at radius 3 is 1.26 bits per heavy atom. The largest absolute Gasteiger partial charge is 0.507 e. The Labute approximate surface area is 194 Å². The van der Waals surface area contributed by atoms with E-state index in [2.05, 4.69) is 39.8 Å². The van der Waals surface area contributed by atoms with Crippen LogP contribution in [0.15, 0.2) is 34.1 Å². The van der Waals surface area contributed by atoms with Crippen molar-refractivity contribution in [3.8, 4) is 11.5 Å². The first kappa shape index (κ1) is 25.6. The predicted molar refractivity (Wildman–Crippen MR) is 135 cm³/mol. The molecule has 0 spiro atoms. The molecule has 0 aliphatic heterocycles. The van der Waals surface area contributed by atoms with Gasteiger partial charge in [-0.2, -0.15) is 0 Å². The van der Waals surface area contributed by atoms with Crippen molar-refractivity contribution in [1.82, 2.24) is 0 Å². The predicted octanol–water partition coefficient (Wildman–Crippen LogP) is 8.62. The first-order chi connectivity index (χ1) is 15.1. The Hall–Kier alpha value is -1.61. The van der Waals surface area contributed by atoms with Gasteiger partial charge in [0.2, 0.25) is 0 Å². The topological polar surface area (TPSA) is 40.5 Å². The van der Waals surface area contributed by atoms with Crippen molar-refractivity contribution in [1.29, 1.82) is 0 Å².